The normalized spacial score (nSPS) is 10.7. The fraction of sp³-hybridized carbons (Fsp3) is 0.714. The van der Waals surface area contributed by atoms with Gasteiger partial charge in [0.25, 0.3) is 0 Å². The first kappa shape index (κ1) is 16.2. The van der Waals surface area contributed by atoms with Gasteiger partial charge in [-0.05, 0) is 19.8 Å². The Bertz CT molecular complexity index is 385. The molecule has 0 radical (unpaired) electrons. The summed E-state index contributed by atoms with van der Waals surface area (Å²) in [6.07, 6.45) is 3.01. The third-order valence-corrected chi connectivity index (χ3v) is 3.90. The van der Waals surface area contributed by atoms with E-state index in [0.717, 1.165) is 60.4 Å². The van der Waals surface area contributed by atoms with Crippen LogP contribution >= 0.6 is 11.8 Å². The van der Waals surface area contributed by atoms with Crippen LogP contribution in [0.5, 0.6) is 0 Å². The Morgan fingerprint density at radius 3 is 2.68 bits per heavy atom. The summed E-state index contributed by atoms with van der Waals surface area (Å²) in [5, 5.41) is 4.49. The van der Waals surface area contributed by atoms with E-state index >= 15 is 0 Å². The number of nitrogens with zero attached hydrogens (tertiary/aromatic N) is 2. The van der Waals surface area contributed by atoms with E-state index in [1.165, 1.54) is 0 Å². The second kappa shape index (κ2) is 9.15. The largest absolute Gasteiger partial charge is 0.385 e. The average molecular weight is 283 g/mol. The summed E-state index contributed by atoms with van der Waals surface area (Å²) in [4.78, 5) is 9.20. The van der Waals surface area contributed by atoms with Crippen LogP contribution in [0.1, 0.15) is 38.1 Å². The molecule has 0 spiro atoms. The third-order valence-electron chi connectivity index (χ3n) is 2.74. The summed E-state index contributed by atoms with van der Waals surface area (Å²) in [7, 11) is 1.74. The minimum atomic E-state index is 0.804. The van der Waals surface area contributed by atoms with Crippen LogP contribution in [-0.2, 0) is 11.2 Å². The lowest BCUT2D eigenvalue weighted by Gasteiger charge is -2.12. The lowest BCUT2D eigenvalue weighted by atomic mass is 10.3. The van der Waals surface area contributed by atoms with Crippen molar-refractivity contribution >= 4 is 17.6 Å². The molecule has 19 heavy (non-hydrogen) atoms. The van der Waals surface area contributed by atoms with Crippen LogP contribution in [0.25, 0.3) is 0 Å². The van der Waals surface area contributed by atoms with Crippen molar-refractivity contribution in [2.24, 2.45) is 0 Å². The Kier molecular flexibility index (Phi) is 7.82. The second-order valence-electron chi connectivity index (χ2n) is 4.39. The zero-order chi connectivity index (χ0) is 14.1. The summed E-state index contributed by atoms with van der Waals surface area (Å²) in [6, 6.07) is 0. The molecule has 4 nitrogen and oxygen atoms in total. The van der Waals surface area contributed by atoms with E-state index in [2.05, 4.69) is 36.1 Å². The van der Waals surface area contributed by atoms with Gasteiger partial charge in [-0.3, -0.25) is 0 Å². The zero-order valence-electron chi connectivity index (χ0n) is 12.5. The van der Waals surface area contributed by atoms with Crippen molar-refractivity contribution < 1.29 is 4.74 Å². The van der Waals surface area contributed by atoms with Crippen LogP contribution in [-0.4, -0.2) is 36.0 Å². The van der Waals surface area contributed by atoms with Crippen LogP contribution in [0.4, 0.5) is 5.82 Å². The maximum absolute atomic E-state index is 5.07. The predicted octanol–water partition coefficient (Wildman–Crippen LogP) is 3.30. The van der Waals surface area contributed by atoms with E-state index in [1.807, 2.05) is 0 Å². The quantitative estimate of drug-likeness (QED) is 0.428. The van der Waals surface area contributed by atoms with Crippen molar-refractivity contribution in [2.75, 3.05) is 31.3 Å². The maximum Gasteiger partial charge on any atom is 0.133 e. The van der Waals surface area contributed by atoms with Gasteiger partial charge in [-0.1, -0.05) is 13.8 Å². The average Bonchev–Trinajstić information content (AvgIpc) is 2.43. The fourth-order valence-corrected chi connectivity index (χ4v) is 2.57. The molecule has 1 aromatic heterocycles. The summed E-state index contributed by atoms with van der Waals surface area (Å²) in [5.74, 6) is 2.93. The molecule has 0 bridgehead atoms. The van der Waals surface area contributed by atoms with Crippen molar-refractivity contribution in [3.63, 3.8) is 0 Å². The highest BCUT2D eigenvalue weighted by molar-refractivity contribution is 7.99. The van der Waals surface area contributed by atoms with Crippen LogP contribution in [0.2, 0.25) is 0 Å². The highest BCUT2D eigenvalue weighted by atomic mass is 32.2. The Balaban J connectivity index is 2.76. The first-order chi connectivity index (χ1) is 9.22. The van der Waals surface area contributed by atoms with E-state index in [0.29, 0.717) is 0 Å². The van der Waals surface area contributed by atoms with Gasteiger partial charge >= 0.3 is 0 Å². The monoisotopic (exact) mass is 283 g/mol. The van der Waals surface area contributed by atoms with E-state index < -0.39 is 0 Å². The predicted molar refractivity (Wildman–Crippen MR) is 82.1 cm³/mol. The molecule has 0 aliphatic rings. The number of ether oxygens (including phenoxy) is 1. The molecule has 1 heterocycles. The summed E-state index contributed by atoms with van der Waals surface area (Å²) in [5.41, 5.74) is 1.16. The van der Waals surface area contributed by atoms with E-state index in [9.17, 15) is 0 Å². The van der Waals surface area contributed by atoms with Crippen LogP contribution in [0.3, 0.4) is 0 Å². The van der Waals surface area contributed by atoms with Gasteiger partial charge in [-0.25, -0.2) is 9.97 Å². The number of aryl methyl sites for hydroxylation is 1. The molecule has 0 aromatic carbocycles. The molecule has 0 saturated carbocycles. The van der Waals surface area contributed by atoms with Gasteiger partial charge in [0.15, 0.2) is 0 Å². The summed E-state index contributed by atoms with van der Waals surface area (Å²) < 4.78 is 5.07. The molecule has 0 aliphatic heterocycles. The minimum absolute atomic E-state index is 0.804. The smallest absolute Gasteiger partial charge is 0.133 e. The van der Waals surface area contributed by atoms with Gasteiger partial charge < -0.3 is 10.1 Å². The number of hydrogen-bond donors (Lipinski definition) is 1. The van der Waals surface area contributed by atoms with E-state index in [1.54, 1.807) is 18.9 Å². The Morgan fingerprint density at radius 1 is 1.26 bits per heavy atom. The Labute approximate surface area is 120 Å². The van der Waals surface area contributed by atoms with Gasteiger partial charge in [0.1, 0.15) is 16.7 Å². The highest BCUT2D eigenvalue weighted by Gasteiger charge is 2.10. The molecular formula is C14H25N3OS. The molecular weight excluding hydrogens is 258 g/mol. The summed E-state index contributed by atoms with van der Waals surface area (Å²) >= 11 is 1.79. The number of anilines is 1. The first-order valence-corrected chi connectivity index (χ1v) is 7.94. The van der Waals surface area contributed by atoms with Gasteiger partial charge in [0.05, 0.1) is 0 Å². The molecule has 1 aromatic rings. The van der Waals surface area contributed by atoms with Crippen LogP contribution < -0.4 is 5.32 Å². The molecule has 1 rings (SSSR count). The first-order valence-electron chi connectivity index (χ1n) is 6.96. The fourth-order valence-electron chi connectivity index (χ4n) is 1.63. The molecule has 0 fully saturated rings. The van der Waals surface area contributed by atoms with Gasteiger partial charge in [0.2, 0.25) is 0 Å². The molecule has 0 aliphatic carbocycles. The highest BCUT2D eigenvalue weighted by Crippen LogP contribution is 2.25. The van der Waals surface area contributed by atoms with Crippen molar-refractivity contribution in [3.8, 4) is 0 Å². The number of thioether (sulfide) groups is 1. The van der Waals surface area contributed by atoms with Gasteiger partial charge in [0, 0.05) is 38.0 Å². The maximum atomic E-state index is 5.07. The van der Waals surface area contributed by atoms with Crippen molar-refractivity contribution in [1.29, 1.82) is 0 Å². The van der Waals surface area contributed by atoms with Crippen molar-refractivity contribution in [2.45, 2.75) is 45.1 Å². The molecule has 0 atom stereocenters. The number of nitrogens with one attached hydrogen (secondary N) is 1. The Morgan fingerprint density at radius 2 is 2.05 bits per heavy atom. The zero-order valence-corrected chi connectivity index (χ0v) is 13.3. The van der Waals surface area contributed by atoms with Crippen molar-refractivity contribution in [1.82, 2.24) is 9.97 Å². The molecule has 0 amide bonds. The molecule has 0 saturated heterocycles. The minimum Gasteiger partial charge on any atom is -0.385 e. The van der Waals surface area contributed by atoms with Gasteiger partial charge in [-0.15, -0.1) is 11.8 Å². The standard InChI is InChI=1S/C14H25N3OS/c1-5-8-15-13-11(3)14(17-12(6-2)16-13)19-10-7-9-18-4/h5-10H2,1-4H3,(H,15,16,17). The topological polar surface area (TPSA) is 47.0 Å². The number of hydrogen-bond acceptors (Lipinski definition) is 5. The lowest BCUT2D eigenvalue weighted by Crippen LogP contribution is -2.08. The Hall–Kier alpha value is -0.810. The lowest BCUT2D eigenvalue weighted by molar-refractivity contribution is 0.200. The summed E-state index contributed by atoms with van der Waals surface area (Å²) in [6.45, 7) is 8.10. The molecule has 0 unspecified atom stereocenters. The number of aromatic nitrogens is 2. The molecule has 5 heteroatoms. The van der Waals surface area contributed by atoms with Crippen LogP contribution in [0.15, 0.2) is 5.03 Å². The van der Waals surface area contributed by atoms with Crippen molar-refractivity contribution in [3.05, 3.63) is 11.4 Å². The number of rotatable bonds is 9. The van der Waals surface area contributed by atoms with Crippen LogP contribution in [0, 0.1) is 6.92 Å². The SMILES string of the molecule is CCCNc1nc(CC)nc(SCCCOC)c1C. The van der Waals surface area contributed by atoms with E-state index in [-0.39, 0.29) is 0 Å². The van der Waals surface area contributed by atoms with Gasteiger partial charge in [-0.2, -0.15) is 0 Å². The molecule has 108 valence electrons. The number of methoxy groups -OCH3 is 1. The third kappa shape index (κ3) is 5.37. The van der Waals surface area contributed by atoms with E-state index in [4.69, 9.17) is 4.74 Å². The molecule has 1 N–H and O–H groups in total. The second-order valence-corrected chi connectivity index (χ2v) is 5.48.